The fraction of sp³-hybridized carbons (Fsp3) is 0.541. The van der Waals surface area contributed by atoms with Gasteiger partial charge in [0.25, 0.3) is 0 Å². The van der Waals surface area contributed by atoms with Crippen molar-refractivity contribution in [1.82, 2.24) is 20.0 Å². The lowest BCUT2D eigenvalue weighted by Gasteiger charge is -2.55. The van der Waals surface area contributed by atoms with Gasteiger partial charge in [-0.1, -0.05) is 56.1 Å². The molecule has 2 aromatic carbocycles. The lowest BCUT2D eigenvalue weighted by atomic mass is 9.66. The van der Waals surface area contributed by atoms with E-state index in [0.717, 1.165) is 19.6 Å². The summed E-state index contributed by atoms with van der Waals surface area (Å²) in [5.41, 5.74) is -2.28. The SMILES string of the molecule is C=CCN1CC2CN(C(=O)OC(C)(C)C)CC(C1)C2(O)c1ccc(Br)cc1F.C=CCN1CC2CNCC(C1)C2(O)c1ccc(Br)cc1F. The standard InChI is InChI=1S/C21H28BrFN2O3.C16H20BrFN2O/c1-5-8-24-10-14-12-25(19(26)28-20(2,3)4)13-15(11-24)21(14,27)17-7-6-16(22)9-18(17)23;1-2-5-20-9-11-7-19-8-12(10-20)16(11,21)14-4-3-13(17)6-15(14)18/h5-7,9,14-15,27H,1,8,10-13H2,2-4H3;2-4,6,11-12,19,21H,1,5,7-10H2. The van der Waals surface area contributed by atoms with Crippen LogP contribution < -0.4 is 5.32 Å². The Morgan fingerprint density at radius 1 is 0.837 bits per heavy atom. The van der Waals surface area contributed by atoms with Crippen LogP contribution in [0.25, 0.3) is 0 Å². The van der Waals surface area contributed by atoms with Gasteiger partial charge in [0.1, 0.15) is 28.4 Å². The van der Waals surface area contributed by atoms with Gasteiger partial charge in [-0.05, 0) is 45.0 Å². The molecule has 8 nitrogen and oxygen atoms in total. The van der Waals surface area contributed by atoms with Gasteiger partial charge in [0.2, 0.25) is 0 Å². The first kappa shape index (κ1) is 38.1. The van der Waals surface area contributed by atoms with Crippen molar-refractivity contribution in [1.29, 1.82) is 0 Å². The third-order valence-electron chi connectivity index (χ3n) is 10.2. The van der Waals surface area contributed by atoms with E-state index in [9.17, 15) is 23.8 Å². The Labute approximate surface area is 305 Å². The zero-order valence-electron chi connectivity index (χ0n) is 28.5. The van der Waals surface area contributed by atoms with Gasteiger partial charge in [-0.2, -0.15) is 0 Å². The average Bonchev–Trinajstić information content (AvgIpc) is 2.98. The minimum absolute atomic E-state index is 0.0133. The first-order chi connectivity index (χ1) is 23.1. The zero-order valence-corrected chi connectivity index (χ0v) is 31.6. The zero-order chi connectivity index (χ0) is 35.7. The summed E-state index contributed by atoms with van der Waals surface area (Å²) in [7, 11) is 0. The highest BCUT2D eigenvalue weighted by Crippen LogP contribution is 2.47. The summed E-state index contributed by atoms with van der Waals surface area (Å²) >= 11 is 6.55. The second-order valence-electron chi connectivity index (χ2n) is 14.7. The molecule has 4 saturated heterocycles. The highest BCUT2D eigenvalue weighted by Gasteiger charge is 2.56. The van der Waals surface area contributed by atoms with Crippen molar-refractivity contribution < 1.29 is 28.5 Å². The summed E-state index contributed by atoms with van der Waals surface area (Å²) in [4.78, 5) is 18.8. The van der Waals surface area contributed by atoms with Crippen molar-refractivity contribution in [3.8, 4) is 0 Å². The highest BCUT2D eigenvalue weighted by atomic mass is 79.9. The number of rotatable bonds is 6. The van der Waals surface area contributed by atoms with E-state index in [-0.39, 0.29) is 29.5 Å². The van der Waals surface area contributed by atoms with Crippen LogP contribution >= 0.6 is 31.9 Å². The van der Waals surface area contributed by atoms with E-state index in [2.05, 4.69) is 60.1 Å². The Bertz CT molecular complexity index is 1510. The number of ether oxygens (including phenoxy) is 1. The number of nitrogens with zero attached hydrogens (tertiary/aromatic N) is 3. The van der Waals surface area contributed by atoms with Crippen LogP contribution in [-0.4, -0.2) is 102 Å². The third-order valence-corrected chi connectivity index (χ3v) is 11.2. The molecule has 4 aliphatic heterocycles. The van der Waals surface area contributed by atoms with Crippen LogP contribution in [0.5, 0.6) is 0 Å². The molecule has 3 N–H and O–H groups in total. The normalized spacial score (nSPS) is 30.2. The van der Waals surface area contributed by atoms with Crippen molar-refractivity contribution in [2.75, 3.05) is 65.4 Å². The predicted octanol–water partition coefficient (Wildman–Crippen LogP) is 5.87. The van der Waals surface area contributed by atoms with Gasteiger partial charge in [0.05, 0.1) is 0 Å². The molecular weight excluding hydrogens is 762 g/mol. The second kappa shape index (κ2) is 15.2. The van der Waals surface area contributed by atoms with E-state index in [1.807, 2.05) is 32.9 Å². The van der Waals surface area contributed by atoms with E-state index in [4.69, 9.17) is 4.74 Å². The van der Waals surface area contributed by atoms with E-state index in [0.29, 0.717) is 65.9 Å². The molecule has 6 rings (SSSR count). The number of carbonyl (C=O) groups excluding carboxylic acids is 1. The molecule has 4 heterocycles. The number of halogens is 4. The Morgan fingerprint density at radius 2 is 1.24 bits per heavy atom. The molecule has 0 aromatic heterocycles. The van der Waals surface area contributed by atoms with Gasteiger partial charge in [-0.25, -0.2) is 13.6 Å². The van der Waals surface area contributed by atoms with Crippen LogP contribution in [-0.2, 0) is 15.9 Å². The smallest absolute Gasteiger partial charge is 0.410 e. The Hall–Kier alpha value is -2.19. The molecule has 0 aliphatic carbocycles. The molecule has 4 unspecified atom stereocenters. The monoisotopic (exact) mass is 808 g/mol. The molecule has 0 spiro atoms. The molecule has 1 amide bonds. The molecule has 0 radical (unpaired) electrons. The number of benzene rings is 2. The number of fused-ring (bicyclic) bond motifs is 4. The Kier molecular flexibility index (Phi) is 11.8. The number of hydrogen-bond donors (Lipinski definition) is 3. The van der Waals surface area contributed by atoms with Crippen LogP contribution in [0.4, 0.5) is 13.6 Å². The maximum atomic E-state index is 14.8. The predicted molar refractivity (Wildman–Crippen MR) is 194 cm³/mol. The fourth-order valence-electron chi connectivity index (χ4n) is 8.14. The lowest BCUT2D eigenvalue weighted by molar-refractivity contribution is -0.162. The number of piperidine rings is 4. The van der Waals surface area contributed by atoms with Crippen molar-refractivity contribution >= 4 is 38.0 Å². The van der Waals surface area contributed by atoms with Crippen LogP contribution in [0.3, 0.4) is 0 Å². The molecule has 12 heteroatoms. The van der Waals surface area contributed by atoms with Crippen LogP contribution in [0.15, 0.2) is 70.7 Å². The first-order valence-electron chi connectivity index (χ1n) is 16.8. The summed E-state index contributed by atoms with van der Waals surface area (Å²) < 4.78 is 36.0. The number of amides is 1. The molecule has 2 aromatic rings. The van der Waals surface area contributed by atoms with Gasteiger partial charge in [0.15, 0.2) is 0 Å². The van der Waals surface area contributed by atoms with Crippen LogP contribution in [0, 0.1) is 35.3 Å². The largest absolute Gasteiger partial charge is 0.444 e. The Morgan fingerprint density at radius 3 is 1.63 bits per heavy atom. The van der Waals surface area contributed by atoms with E-state index < -0.39 is 28.7 Å². The van der Waals surface area contributed by atoms with Gasteiger partial charge in [-0.3, -0.25) is 9.80 Å². The maximum absolute atomic E-state index is 14.8. The molecule has 49 heavy (non-hydrogen) atoms. The summed E-state index contributed by atoms with van der Waals surface area (Å²) in [6.45, 7) is 19.2. The number of carbonyl (C=O) groups is 1. The second-order valence-corrected chi connectivity index (χ2v) is 16.6. The lowest BCUT2D eigenvalue weighted by Crippen LogP contribution is -2.66. The maximum Gasteiger partial charge on any atom is 0.410 e. The number of hydrogen-bond acceptors (Lipinski definition) is 7. The topological polar surface area (TPSA) is 88.5 Å². The Balaban J connectivity index is 0.000000199. The van der Waals surface area contributed by atoms with Crippen LogP contribution in [0.2, 0.25) is 0 Å². The molecule has 268 valence electrons. The molecule has 4 bridgehead atoms. The molecular formula is C37H48Br2F2N4O4. The third kappa shape index (κ3) is 8.00. The minimum Gasteiger partial charge on any atom is -0.444 e. The highest BCUT2D eigenvalue weighted by molar-refractivity contribution is 9.10. The summed E-state index contributed by atoms with van der Waals surface area (Å²) in [6.07, 6.45) is 3.32. The summed E-state index contributed by atoms with van der Waals surface area (Å²) in [5, 5.41) is 26.4. The van der Waals surface area contributed by atoms with Crippen molar-refractivity contribution in [3.63, 3.8) is 0 Å². The van der Waals surface area contributed by atoms with Crippen molar-refractivity contribution in [3.05, 3.63) is 93.4 Å². The molecule has 0 saturated carbocycles. The van der Waals surface area contributed by atoms with E-state index in [1.54, 1.807) is 29.2 Å². The van der Waals surface area contributed by atoms with E-state index >= 15 is 0 Å². The van der Waals surface area contributed by atoms with Crippen molar-refractivity contribution in [2.45, 2.75) is 37.6 Å². The van der Waals surface area contributed by atoms with Gasteiger partial charge < -0.3 is 25.2 Å². The average molecular weight is 811 g/mol. The number of likely N-dealkylation sites (tertiary alicyclic amines) is 3. The first-order valence-corrected chi connectivity index (χ1v) is 18.4. The minimum atomic E-state index is -1.33. The molecule has 4 atom stereocenters. The summed E-state index contributed by atoms with van der Waals surface area (Å²) in [6, 6.07) is 9.72. The van der Waals surface area contributed by atoms with Gasteiger partial charge in [0, 0.05) is 109 Å². The summed E-state index contributed by atoms with van der Waals surface area (Å²) in [5.74, 6) is -1.46. The number of nitrogens with one attached hydrogen (secondary N) is 1. The molecule has 4 fully saturated rings. The van der Waals surface area contributed by atoms with E-state index in [1.165, 1.54) is 12.1 Å². The van der Waals surface area contributed by atoms with Gasteiger partial charge in [-0.15, -0.1) is 13.2 Å². The fourth-order valence-corrected chi connectivity index (χ4v) is 8.80. The number of aliphatic hydroxyl groups is 2. The quantitative estimate of drug-likeness (QED) is 0.315. The molecule has 4 aliphatic rings. The van der Waals surface area contributed by atoms with Gasteiger partial charge >= 0.3 is 6.09 Å². The van der Waals surface area contributed by atoms with Crippen LogP contribution in [0.1, 0.15) is 31.9 Å². The van der Waals surface area contributed by atoms with Crippen molar-refractivity contribution in [2.24, 2.45) is 23.7 Å².